The molecule has 0 aliphatic carbocycles. The molecule has 0 fully saturated rings. The molecule has 6 heteroatoms. The number of fused-ring (bicyclic) bond motifs is 2. The summed E-state index contributed by atoms with van der Waals surface area (Å²) in [5.74, 6) is -0.692. The maximum Gasteiger partial charge on any atom is 0.261 e. The van der Waals surface area contributed by atoms with Crippen molar-refractivity contribution in [3.63, 3.8) is 0 Å². The molecule has 140 valence electrons. The van der Waals surface area contributed by atoms with Crippen LogP contribution in [0.3, 0.4) is 0 Å². The van der Waals surface area contributed by atoms with Crippen LogP contribution in [-0.2, 0) is 4.79 Å². The molecule has 1 heterocycles. The maximum atomic E-state index is 12.3. The van der Waals surface area contributed by atoms with E-state index in [1.165, 1.54) is 4.90 Å². The lowest BCUT2D eigenvalue weighted by atomic mass is 10.1. The van der Waals surface area contributed by atoms with Crippen molar-refractivity contribution in [2.75, 3.05) is 11.9 Å². The number of nitrogens with one attached hydrogen (secondary N) is 1. The lowest BCUT2D eigenvalue weighted by Crippen LogP contribution is -2.31. The fourth-order valence-electron chi connectivity index (χ4n) is 3.46. The van der Waals surface area contributed by atoms with Crippen LogP contribution in [0.15, 0.2) is 60.7 Å². The van der Waals surface area contributed by atoms with Gasteiger partial charge in [-0.25, -0.2) is 0 Å². The summed E-state index contributed by atoms with van der Waals surface area (Å²) < 4.78 is 0. The molecule has 3 aromatic rings. The first kappa shape index (κ1) is 17.7. The third-order valence-corrected chi connectivity index (χ3v) is 4.84. The van der Waals surface area contributed by atoms with Gasteiger partial charge in [0, 0.05) is 29.4 Å². The summed E-state index contributed by atoms with van der Waals surface area (Å²) in [5.41, 5.74) is 1.43. The zero-order chi connectivity index (χ0) is 19.7. The molecule has 0 unspecified atom stereocenters. The SMILES string of the molecule is O=C(CCCN1C(=O)c2ccccc2C1=O)Nc1cccc2c(O)cccc12. The molecule has 1 aliphatic rings. The molecule has 2 N–H and O–H groups in total. The molecule has 6 nitrogen and oxygen atoms in total. The van der Waals surface area contributed by atoms with E-state index < -0.39 is 0 Å². The van der Waals surface area contributed by atoms with E-state index >= 15 is 0 Å². The van der Waals surface area contributed by atoms with Gasteiger partial charge >= 0.3 is 0 Å². The van der Waals surface area contributed by atoms with Crippen molar-refractivity contribution in [2.45, 2.75) is 12.8 Å². The number of hydrogen-bond acceptors (Lipinski definition) is 4. The molecule has 0 aromatic heterocycles. The summed E-state index contributed by atoms with van der Waals surface area (Å²) in [7, 11) is 0. The highest BCUT2D eigenvalue weighted by atomic mass is 16.3. The van der Waals surface area contributed by atoms with Crippen LogP contribution in [0.5, 0.6) is 5.75 Å². The molecule has 0 bridgehead atoms. The predicted octanol–water partition coefficient (Wildman–Crippen LogP) is 3.56. The van der Waals surface area contributed by atoms with Gasteiger partial charge in [0.25, 0.3) is 11.8 Å². The Bertz CT molecular complexity index is 1070. The Kier molecular flexibility index (Phi) is 4.53. The summed E-state index contributed by atoms with van der Waals surface area (Å²) >= 11 is 0. The molecule has 0 saturated carbocycles. The van der Waals surface area contributed by atoms with E-state index in [2.05, 4.69) is 5.32 Å². The van der Waals surface area contributed by atoms with Gasteiger partial charge < -0.3 is 10.4 Å². The van der Waals surface area contributed by atoms with Crippen molar-refractivity contribution < 1.29 is 19.5 Å². The number of carbonyl (C=O) groups is 3. The van der Waals surface area contributed by atoms with Crippen LogP contribution in [-0.4, -0.2) is 34.3 Å². The summed E-state index contributed by atoms with van der Waals surface area (Å²) in [6.07, 6.45) is 0.538. The molecule has 0 atom stereocenters. The summed E-state index contributed by atoms with van der Waals surface area (Å²) in [6.45, 7) is 0.191. The predicted molar refractivity (Wildman–Crippen MR) is 105 cm³/mol. The van der Waals surface area contributed by atoms with Crippen molar-refractivity contribution in [2.24, 2.45) is 0 Å². The van der Waals surface area contributed by atoms with Gasteiger partial charge in [-0.1, -0.05) is 36.4 Å². The van der Waals surface area contributed by atoms with Crippen LogP contribution >= 0.6 is 0 Å². The standard InChI is InChI=1S/C22H18N2O4/c25-19-11-4-8-14-15(19)9-3-10-18(14)23-20(26)12-5-13-24-21(27)16-6-1-2-7-17(16)22(24)28/h1-4,6-11,25H,5,12-13H2,(H,23,26). The van der Waals surface area contributed by atoms with E-state index in [4.69, 9.17) is 0 Å². The number of phenols is 1. The van der Waals surface area contributed by atoms with Crippen molar-refractivity contribution in [3.05, 3.63) is 71.8 Å². The Labute approximate surface area is 161 Å². The average molecular weight is 374 g/mol. The van der Waals surface area contributed by atoms with E-state index in [9.17, 15) is 19.5 Å². The van der Waals surface area contributed by atoms with E-state index in [1.807, 2.05) is 6.07 Å². The molecule has 3 aromatic carbocycles. The van der Waals surface area contributed by atoms with E-state index in [-0.39, 0.29) is 36.4 Å². The van der Waals surface area contributed by atoms with Gasteiger partial charge in [-0.3, -0.25) is 19.3 Å². The zero-order valence-corrected chi connectivity index (χ0v) is 15.0. The number of nitrogens with zero attached hydrogens (tertiary/aromatic N) is 1. The fourth-order valence-corrected chi connectivity index (χ4v) is 3.46. The molecule has 0 saturated heterocycles. The molecule has 0 radical (unpaired) electrons. The molecule has 0 spiro atoms. The van der Waals surface area contributed by atoms with Crippen molar-refractivity contribution in [1.82, 2.24) is 4.90 Å². The molecule has 4 rings (SSSR count). The highest BCUT2D eigenvalue weighted by Crippen LogP contribution is 2.30. The van der Waals surface area contributed by atoms with Crippen LogP contribution in [0, 0.1) is 0 Å². The van der Waals surface area contributed by atoms with E-state index in [0.29, 0.717) is 28.6 Å². The van der Waals surface area contributed by atoms with E-state index in [1.54, 1.807) is 54.6 Å². The van der Waals surface area contributed by atoms with Gasteiger partial charge in [-0.05, 0) is 30.7 Å². The van der Waals surface area contributed by atoms with Crippen molar-refractivity contribution >= 4 is 34.2 Å². The van der Waals surface area contributed by atoms with Crippen LogP contribution in [0.1, 0.15) is 33.6 Å². The highest BCUT2D eigenvalue weighted by molar-refractivity contribution is 6.21. The van der Waals surface area contributed by atoms with Gasteiger partial charge in [-0.2, -0.15) is 0 Å². The number of amides is 3. The number of aromatic hydroxyl groups is 1. The van der Waals surface area contributed by atoms with Gasteiger partial charge in [0.15, 0.2) is 0 Å². The Balaban J connectivity index is 1.38. The van der Waals surface area contributed by atoms with Crippen molar-refractivity contribution in [3.8, 4) is 5.75 Å². The lowest BCUT2D eigenvalue weighted by molar-refractivity contribution is -0.116. The first-order chi connectivity index (χ1) is 13.6. The monoisotopic (exact) mass is 374 g/mol. The Morgan fingerprint density at radius 2 is 1.50 bits per heavy atom. The number of phenolic OH excluding ortho intramolecular Hbond substituents is 1. The van der Waals surface area contributed by atoms with Gasteiger partial charge in [-0.15, -0.1) is 0 Å². The second kappa shape index (κ2) is 7.15. The second-order valence-corrected chi connectivity index (χ2v) is 6.64. The summed E-state index contributed by atoms with van der Waals surface area (Å²) in [4.78, 5) is 38.2. The minimum absolute atomic E-state index is 0.152. The molecular weight excluding hydrogens is 356 g/mol. The van der Waals surface area contributed by atoms with Gasteiger partial charge in [0.2, 0.25) is 5.91 Å². The zero-order valence-electron chi connectivity index (χ0n) is 15.0. The minimum Gasteiger partial charge on any atom is -0.507 e. The Hall–Kier alpha value is -3.67. The number of hydrogen-bond donors (Lipinski definition) is 2. The van der Waals surface area contributed by atoms with Crippen LogP contribution in [0.25, 0.3) is 10.8 Å². The smallest absolute Gasteiger partial charge is 0.261 e. The lowest BCUT2D eigenvalue weighted by Gasteiger charge is -2.14. The maximum absolute atomic E-state index is 12.3. The van der Waals surface area contributed by atoms with Crippen LogP contribution in [0.2, 0.25) is 0 Å². The Morgan fingerprint density at radius 1 is 0.857 bits per heavy atom. The largest absolute Gasteiger partial charge is 0.507 e. The number of carbonyl (C=O) groups excluding carboxylic acids is 3. The van der Waals surface area contributed by atoms with Gasteiger partial charge in [0.05, 0.1) is 11.1 Å². The number of imide groups is 1. The third-order valence-electron chi connectivity index (χ3n) is 4.84. The first-order valence-electron chi connectivity index (χ1n) is 9.02. The third kappa shape index (κ3) is 3.09. The first-order valence-corrected chi connectivity index (χ1v) is 9.02. The summed E-state index contributed by atoms with van der Waals surface area (Å²) in [5, 5.41) is 14.2. The minimum atomic E-state index is -0.314. The van der Waals surface area contributed by atoms with E-state index in [0.717, 1.165) is 5.39 Å². The fraction of sp³-hybridized carbons (Fsp3) is 0.136. The highest BCUT2D eigenvalue weighted by Gasteiger charge is 2.34. The van der Waals surface area contributed by atoms with Crippen molar-refractivity contribution in [1.29, 1.82) is 0 Å². The van der Waals surface area contributed by atoms with Gasteiger partial charge in [0.1, 0.15) is 5.75 Å². The normalized spacial score (nSPS) is 13.1. The average Bonchev–Trinajstić information content (AvgIpc) is 2.94. The van der Waals surface area contributed by atoms with Crippen LogP contribution < -0.4 is 5.32 Å². The number of benzene rings is 3. The second-order valence-electron chi connectivity index (χ2n) is 6.64. The molecule has 1 aliphatic heterocycles. The topological polar surface area (TPSA) is 86.7 Å². The quantitative estimate of drug-likeness (QED) is 0.669. The summed E-state index contributed by atoms with van der Waals surface area (Å²) in [6, 6.07) is 17.2. The molecular formula is C22H18N2O4. The van der Waals surface area contributed by atoms with Crippen LogP contribution in [0.4, 0.5) is 5.69 Å². The molecule has 3 amide bonds. The number of rotatable bonds is 5. The Morgan fingerprint density at radius 3 is 2.21 bits per heavy atom. The number of anilines is 1. The molecule has 28 heavy (non-hydrogen) atoms.